The zero-order valence-corrected chi connectivity index (χ0v) is 19.6. The summed E-state index contributed by atoms with van der Waals surface area (Å²) in [6.45, 7) is 10.8. The van der Waals surface area contributed by atoms with Crippen LogP contribution in [0.5, 0.6) is 0 Å². The lowest BCUT2D eigenvalue weighted by Gasteiger charge is -2.19. The first kappa shape index (κ1) is 26.7. The van der Waals surface area contributed by atoms with Crippen LogP contribution in [0.1, 0.15) is 54.4 Å². The Balaban J connectivity index is 2.39. The largest absolute Gasteiger partial charge is 0.444 e. The number of nitrogens with one attached hydrogen (secondary N) is 4. The Morgan fingerprint density at radius 1 is 0.719 bits per heavy atom. The monoisotopic (exact) mass is 450 g/mol. The molecule has 0 aliphatic carbocycles. The number of hydrogen-bond acceptors (Lipinski definition) is 6. The van der Waals surface area contributed by atoms with Crippen LogP contribution in [0.4, 0.5) is 21.0 Å². The number of amides is 4. The molecule has 32 heavy (non-hydrogen) atoms. The summed E-state index contributed by atoms with van der Waals surface area (Å²) in [5.41, 5.74) is -0.222. The Kier molecular flexibility index (Phi) is 9.96. The number of benzene rings is 1. The summed E-state index contributed by atoms with van der Waals surface area (Å²) < 4.78 is 10.2. The molecule has 0 saturated heterocycles. The fraction of sp³-hybridized carbons (Fsp3) is 0.545. The van der Waals surface area contributed by atoms with Gasteiger partial charge >= 0.3 is 12.2 Å². The Bertz CT molecular complexity index is 748. The lowest BCUT2D eigenvalue weighted by molar-refractivity contribution is -0.116. The Morgan fingerprint density at radius 3 is 1.44 bits per heavy atom. The predicted octanol–water partition coefficient (Wildman–Crippen LogP) is 3.39. The van der Waals surface area contributed by atoms with Gasteiger partial charge in [-0.05, 0) is 59.7 Å². The smallest absolute Gasteiger partial charge is 0.407 e. The molecule has 10 nitrogen and oxygen atoms in total. The molecule has 0 fully saturated rings. The second kappa shape index (κ2) is 11.9. The van der Waals surface area contributed by atoms with E-state index in [1.165, 1.54) is 0 Å². The minimum Gasteiger partial charge on any atom is -0.444 e. The molecule has 1 aromatic carbocycles. The standard InChI is InChI=1S/C22H34N4O6/c1-21(2,3)31-19(29)23-12-10-17(27)25-15-8-7-9-16(14-15)26-18(28)11-13-24-20(30)32-22(4,5)6/h7-9,14H,10-13H2,1-6H3,(H,23,29)(H,24,30)(H,25,27)(H,26,28). The second-order valence-corrected chi connectivity index (χ2v) is 9.03. The molecule has 0 atom stereocenters. The highest BCUT2D eigenvalue weighted by atomic mass is 16.6. The van der Waals surface area contributed by atoms with Gasteiger partial charge in [0.25, 0.3) is 0 Å². The van der Waals surface area contributed by atoms with Gasteiger partial charge in [0.05, 0.1) is 0 Å². The van der Waals surface area contributed by atoms with Gasteiger partial charge in [0.2, 0.25) is 11.8 Å². The number of ether oxygens (including phenoxy) is 2. The second-order valence-electron chi connectivity index (χ2n) is 9.03. The summed E-state index contributed by atoms with van der Waals surface area (Å²) in [4.78, 5) is 47.3. The molecule has 10 heteroatoms. The van der Waals surface area contributed by atoms with E-state index in [-0.39, 0.29) is 37.7 Å². The zero-order chi connectivity index (χ0) is 24.4. The van der Waals surface area contributed by atoms with E-state index >= 15 is 0 Å². The highest BCUT2D eigenvalue weighted by molar-refractivity contribution is 5.94. The number of alkyl carbamates (subject to hydrolysis) is 2. The van der Waals surface area contributed by atoms with E-state index in [0.717, 1.165) is 0 Å². The van der Waals surface area contributed by atoms with E-state index in [2.05, 4.69) is 21.3 Å². The molecule has 0 saturated carbocycles. The van der Waals surface area contributed by atoms with E-state index in [9.17, 15) is 19.2 Å². The van der Waals surface area contributed by atoms with Crippen LogP contribution in [0.25, 0.3) is 0 Å². The van der Waals surface area contributed by atoms with Gasteiger partial charge in [-0.25, -0.2) is 9.59 Å². The van der Waals surface area contributed by atoms with Crippen molar-refractivity contribution in [3.63, 3.8) is 0 Å². The topological polar surface area (TPSA) is 135 Å². The summed E-state index contributed by atoms with van der Waals surface area (Å²) in [7, 11) is 0. The molecular formula is C22H34N4O6. The van der Waals surface area contributed by atoms with Gasteiger partial charge in [-0.3, -0.25) is 9.59 Å². The van der Waals surface area contributed by atoms with Crippen molar-refractivity contribution < 1.29 is 28.7 Å². The normalized spacial score (nSPS) is 11.2. The molecule has 4 N–H and O–H groups in total. The van der Waals surface area contributed by atoms with E-state index in [1.807, 2.05) is 0 Å². The van der Waals surface area contributed by atoms with E-state index in [0.29, 0.717) is 11.4 Å². The number of hydrogen-bond donors (Lipinski definition) is 4. The maximum Gasteiger partial charge on any atom is 0.407 e. The molecule has 4 amide bonds. The van der Waals surface area contributed by atoms with Crippen molar-refractivity contribution in [3.05, 3.63) is 24.3 Å². The van der Waals surface area contributed by atoms with Crippen LogP contribution in [-0.4, -0.2) is 48.3 Å². The van der Waals surface area contributed by atoms with Crippen molar-refractivity contribution in [1.82, 2.24) is 10.6 Å². The fourth-order valence-electron chi connectivity index (χ4n) is 2.31. The third-order valence-corrected chi connectivity index (χ3v) is 3.47. The van der Waals surface area contributed by atoms with Gasteiger partial charge in [-0.1, -0.05) is 6.07 Å². The van der Waals surface area contributed by atoms with Crippen LogP contribution in [0.3, 0.4) is 0 Å². The van der Waals surface area contributed by atoms with Gasteiger partial charge < -0.3 is 30.7 Å². The lowest BCUT2D eigenvalue weighted by atomic mass is 10.2. The third-order valence-electron chi connectivity index (χ3n) is 3.47. The molecule has 0 radical (unpaired) electrons. The minimum atomic E-state index is -0.608. The molecular weight excluding hydrogens is 416 g/mol. The maximum atomic E-state index is 12.1. The van der Waals surface area contributed by atoms with Crippen molar-refractivity contribution in [3.8, 4) is 0 Å². The highest BCUT2D eigenvalue weighted by Gasteiger charge is 2.17. The molecule has 0 unspecified atom stereocenters. The van der Waals surface area contributed by atoms with Gasteiger partial charge in [-0.15, -0.1) is 0 Å². The SMILES string of the molecule is CC(C)(C)OC(=O)NCCC(=O)Nc1cccc(NC(=O)CCNC(=O)OC(C)(C)C)c1. The Morgan fingerprint density at radius 2 is 1.09 bits per heavy atom. The molecule has 0 bridgehead atoms. The summed E-state index contributed by atoms with van der Waals surface area (Å²) >= 11 is 0. The van der Waals surface area contributed by atoms with Gasteiger partial charge in [-0.2, -0.15) is 0 Å². The maximum absolute atomic E-state index is 12.1. The summed E-state index contributed by atoms with van der Waals surface area (Å²) in [5.74, 6) is -0.600. The first-order chi connectivity index (χ1) is 14.7. The molecule has 1 aromatic rings. The van der Waals surface area contributed by atoms with Gasteiger partial charge in [0.15, 0.2) is 0 Å². The number of carbonyl (C=O) groups excluding carboxylic acids is 4. The predicted molar refractivity (Wildman–Crippen MR) is 121 cm³/mol. The van der Waals surface area contributed by atoms with Gasteiger partial charge in [0, 0.05) is 37.3 Å². The van der Waals surface area contributed by atoms with Crippen LogP contribution in [0, 0.1) is 0 Å². The molecule has 178 valence electrons. The Labute approximate surface area is 188 Å². The van der Waals surface area contributed by atoms with Crippen LogP contribution in [-0.2, 0) is 19.1 Å². The first-order valence-corrected chi connectivity index (χ1v) is 10.4. The van der Waals surface area contributed by atoms with Crippen LogP contribution >= 0.6 is 0 Å². The number of carbonyl (C=O) groups is 4. The number of rotatable bonds is 8. The molecule has 0 aliphatic heterocycles. The average molecular weight is 451 g/mol. The van der Waals surface area contributed by atoms with E-state index in [1.54, 1.807) is 65.8 Å². The van der Waals surface area contributed by atoms with E-state index < -0.39 is 23.4 Å². The quantitative estimate of drug-likeness (QED) is 0.479. The van der Waals surface area contributed by atoms with Crippen molar-refractivity contribution in [2.24, 2.45) is 0 Å². The van der Waals surface area contributed by atoms with Crippen LogP contribution in [0.2, 0.25) is 0 Å². The van der Waals surface area contributed by atoms with Crippen LogP contribution < -0.4 is 21.3 Å². The summed E-state index contributed by atoms with van der Waals surface area (Å²) in [6.07, 6.45) is -1.05. The van der Waals surface area contributed by atoms with Crippen molar-refractivity contribution >= 4 is 35.4 Å². The molecule has 0 heterocycles. The lowest BCUT2D eigenvalue weighted by Crippen LogP contribution is -2.34. The third kappa shape index (κ3) is 13.1. The minimum absolute atomic E-state index is 0.0617. The van der Waals surface area contributed by atoms with Crippen molar-refractivity contribution in [1.29, 1.82) is 0 Å². The summed E-state index contributed by atoms with van der Waals surface area (Å²) in [6, 6.07) is 6.65. The zero-order valence-electron chi connectivity index (χ0n) is 19.6. The van der Waals surface area contributed by atoms with E-state index in [4.69, 9.17) is 9.47 Å². The number of anilines is 2. The molecule has 0 spiro atoms. The fourth-order valence-corrected chi connectivity index (χ4v) is 2.31. The highest BCUT2D eigenvalue weighted by Crippen LogP contribution is 2.15. The summed E-state index contributed by atoms with van der Waals surface area (Å²) in [5, 5.41) is 10.4. The average Bonchev–Trinajstić information content (AvgIpc) is 2.58. The van der Waals surface area contributed by atoms with Crippen molar-refractivity contribution in [2.75, 3.05) is 23.7 Å². The molecule has 0 aliphatic rings. The molecule has 1 rings (SSSR count). The Hall–Kier alpha value is -3.30. The first-order valence-electron chi connectivity index (χ1n) is 10.4. The van der Waals surface area contributed by atoms with Crippen molar-refractivity contribution in [2.45, 2.75) is 65.6 Å². The van der Waals surface area contributed by atoms with Gasteiger partial charge in [0.1, 0.15) is 11.2 Å². The molecule has 0 aromatic heterocycles. The van der Waals surface area contributed by atoms with Crippen LogP contribution in [0.15, 0.2) is 24.3 Å².